The Morgan fingerprint density at radius 3 is 2.16 bits per heavy atom. The van der Waals surface area contributed by atoms with Crippen LogP contribution in [0.5, 0.6) is 11.5 Å². The SMILES string of the molecule is Cn1cc(NC(=O)CCCOc2cc3c(cc2O[C@@H]2O[C@H](C(=O)O)[C@@H](O)[C@H](O)[C@H]2O)C(=O)N2CCCC[C@H]2C=N3)cc1C(=O)Nc1ccc(-c2cc(C(=O)Nc3ccc(N)cc3)n(C)c2)cc1. The number of nitrogens with zero attached hydrogens (tertiary/aromatic N) is 4. The van der Waals surface area contributed by atoms with Crippen LogP contribution in [0.25, 0.3) is 11.1 Å². The molecule has 5 heterocycles. The molecule has 3 aliphatic heterocycles. The number of aliphatic hydroxyl groups is 3. The molecule has 20 heteroatoms. The maximum absolute atomic E-state index is 13.7. The van der Waals surface area contributed by atoms with Crippen molar-refractivity contribution in [2.24, 2.45) is 19.1 Å². The minimum Gasteiger partial charge on any atom is -0.490 e. The van der Waals surface area contributed by atoms with Crippen LogP contribution in [-0.2, 0) is 28.4 Å². The molecule has 0 radical (unpaired) electrons. The van der Waals surface area contributed by atoms with Gasteiger partial charge >= 0.3 is 5.97 Å². The van der Waals surface area contributed by atoms with Crippen LogP contribution in [0.3, 0.4) is 0 Å². The average molecular weight is 919 g/mol. The summed E-state index contributed by atoms with van der Waals surface area (Å²) in [5.41, 5.74) is 10.7. The van der Waals surface area contributed by atoms with Gasteiger partial charge in [-0.25, -0.2) is 4.79 Å². The van der Waals surface area contributed by atoms with Gasteiger partial charge in [0.1, 0.15) is 29.7 Å². The summed E-state index contributed by atoms with van der Waals surface area (Å²) in [7, 11) is 3.45. The van der Waals surface area contributed by atoms with Gasteiger partial charge in [-0.2, -0.15) is 0 Å². The highest BCUT2D eigenvalue weighted by Gasteiger charge is 2.48. The van der Waals surface area contributed by atoms with Gasteiger partial charge in [0.05, 0.1) is 29.6 Å². The number of benzene rings is 3. The van der Waals surface area contributed by atoms with Crippen LogP contribution in [-0.4, -0.2) is 120 Å². The van der Waals surface area contributed by atoms with E-state index in [4.69, 9.17) is 19.9 Å². The molecule has 350 valence electrons. The van der Waals surface area contributed by atoms with Gasteiger partial charge in [-0.1, -0.05) is 12.1 Å². The van der Waals surface area contributed by atoms with Crippen molar-refractivity contribution in [3.8, 4) is 22.6 Å². The molecule has 20 nitrogen and oxygen atoms in total. The van der Waals surface area contributed by atoms with E-state index in [-0.39, 0.29) is 71.7 Å². The van der Waals surface area contributed by atoms with Crippen LogP contribution >= 0.6 is 0 Å². The molecule has 2 aromatic heterocycles. The van der Waals surface area contributed by atoms with E-state index in [9.17, 15) is 44.4 Å². The van der Waals surface area contributed by atoms with E-state index >= 15 is 0 Å². The normalized spacial score (nSPS) is 21.1. The van der Waals surface area contributed by atoms with Crippen LogP contribution in [0.4, 0.5) is 28.4 Å². The third kappa shape index (κ3) is 10.2. The molecular formula is C47H50N8O12. The molecule has 9 N–H and O–H groups in total. The number of nitrogens with one attached hydrogen (secondary N) is 3. The minimum atomic E-state index is -1.95. The number of carboxylic acid groups (broad SMARTS) is 1. The summed E-state index contributed by atoms with van der Waals surface area (Å²) in [6, 6.07) is 19.9. The number of carbonyl (C=O) groups excluding carboxylic acids is 4. The van der Waals surface area contributed by atoms with E-state index in [0.29, 0.717) is 35.0 Å². The molecule has 6 atom stereocenters. The Bertz CT molecular complexity index is 2710. The van der Waals surface area contributed by atoms with Gasteiger partial charge in [-0.15, -0.1) is 0 Å². The van der Waals surface area contributed by atoms with Crippen molar-refractivity contribution < 1.29 is 58.6 Å². The maximum atomic E-state index is 13.7. The van der Waals surface area contributed by atoms with Gasteiger partial charge in [-0.3, -0.25) is 24.2 Å². The lowest BCUT2D eigenvalue weighted by atomic mass is 9.99. The Labute approximate surface area is 383 Å². The summed E-state index contributed by atoms with van der Waals surface area (Å²) in [6.45, 7) is 0.469. The molecule has 8 rings (SSSR count). The van der Waals surface area contributed by atoms with E-state index in [1.165, 1.54) is 12.1 Å². The fourth-order valence-electron chi connectivity index (χ4n) is 8.14. The Morgan fingerprint density at radius 1 is 0.791 bits per heavy atom. The predicted octanol–water partition coefficient (Wildman–Crippen LogP) is 3.90. The second-order valence-electron chi connectivity index (χ2n) is 16.6. The van der Waals surface area contributed by atoms with E-state index in [1.54, 1.807) is 89.1 Å². The standard InChI is InChI=1S/C47H50N8O12/c1-53-23-26(18-34(53)43(60)52-29-14-10-27(48)11-15-29)25-8-12-28(13-9-25)51-44(61)35-19-30(24-54(35)2)50-38(56)7-5-17-65-36-21-33-32(45(62)55-16-4-3-6-31(55)22-49-33)20-37(36)66-47-41(59)39(57)40(58)42(67-47)46(63)64/h8-15,18-24,31,39-42,47,57-59H,3-7,16-17,48H2,1-2H3,(H,50,56)(H,51,61)(H,52,60)(H,63,64)/t31-,39-,40-,41+,42-,47+/m0/s1. The minimum absolute atomic E-state index is 0.0117. The molecule has 0 aliphatic carbocycles. The zero-order valence-corrected chi connectivity index (χ0v) is 36.5. The zero-order valence-electron chi connectivity index (χ0n) is 36.5. The van der Waals surface area contributed by atoms with Crippen molar-refractivity contribution in [2.45, 2.75) is 68.9 Å². The van der Waals surface area contributed by atoms with Gasteiger partial charge in [0.15, 0.2) is 17.6 Å². The van der Waals surface area contributed by atoms with Crippen LogP contribution in [0.15, 0.2) is 90.2 Å². The molecule has 2 fully saturated rings. The van der Waals surface area contributed by atoms with Crippen LogP contribution in [0.1, 0.15) is 63.4 Å². The van der Waals surface area contributed by atoms with E-state index in [0.717, 1.165) is 30.4 Å². The van der Waals surface area contributed by atoms with Gasteiger partial charge in [-0.05, 0) is 85.8 Å². The highest BCUT2D eigenvalue weighted by atomic mass is 16.7. The number of carboxylic acids is 1. The summed E-state index contributed by atoms with van der Waals surface area (Å²) in [5.74, 6) is -3.08. The number of nitrogens with two attached hydrogens (primary N) is 1. The lowest BCUT2D eigenvalue weighted by molar-refractivity contribution is -0.271. The van der Waals surface area contributed by atoms with E-state index in [1.807, 2.05) is 18.3 Å². The number of hydrogen-bond acceptors (Lipinski definition) is 13. The average Bonchev–Trinajstić information content (AvgIpc) is 3.85. The second-order valence-corrected chi connectivity index (χ2v) is 16.6. The van der Waals surface area contributed by atoms with Crippen LogP contribution in [0, 0.1) is 0 Å². The number of anilines is 4. The number of ether oxygens (including phenoxy) is 3. The Hall–Kier alpha value is -7.52. The Kier molecular flexibility index (Phi) is 13.4. The monoisotopic (exact) mass is 918 g/mol. The molecular weight excluding hydrogens is 869 g/mol. The van der Waals surface area contributed by atoms with Gasteiger partial charge < -0.3 is 70.4 Å². The fraction of sp³-hybridized carbons (Fsp3) is 0.319. The first kappa shape index (κ1) is 46.0. The number of piperidine rings is 1. The van der Waals surface area contributed by atoms with Crippen molar-refractivity contribution in [1.29, 1.82) is 0 Å². The number of aryl methyl sites for hydroxylation is 2. The lowest BCUT2D eigenvalue weighted by Gasteiger charge is -2.38. The number of aliphatic hydroxyl groups excluding tert-OH is 3. The van der Waals surface area contributed by atoms with Crippen LogP contribution < -0.4 is 31.2 Å². The highest BCUT2D eigenvalue weighted by molar-refractivity contribution is 6.06. The number of aliphatic carboxylic acids is 1. The predicted molar refractivity (Wildman–Crippen MR) is 245 cm³/mol. The molecule has 3 aliphatic rings. The number of nitrogen functional groups attached to an aromatic ring is 1. The molecule has 0 bridgehead atoms. The number of aromatic nitrogens is 2. The van der Waals surface area contributed by atoms with Crippen molar-refractivity contribution in [3.05, 3.63) is 102 Å². The number of hydrogen-bond donors (Lipinski definition) is 8. The van der Waals surface area contributed by atoms with Crippen molar-refractivity contribution >= 4 is 64.2 Å². The molecule has 5 aromatic rings. The van der Waals surface area contributed by atoms with E-state index in [2.05, 4.69) is 20.9 Å². The summed E-state index contributed by atoms with van der Waals surface area (Å²) in [4.78, 5) is 71.1. The first-order valence-electron chi connectivity index (χ1n) is 21.6. The molecule has 4 amide bonds. The second kappa shape index (κ2) is 19.5. The Morgan fingerprint density at radius 2 is 1.46 bits per heavy atom. The van der Waals surface area contributed by atoms with Gasteiger partial charge in [0.25, 0.3) is 17.7 Å². The van der Waals surface area contributed by atoms with Crippen LogP contribution in [0.2, 0.25) is 0 Å². The van der Waals surface area contributed by atoms with Crippen molar-refractivity contribution in [2.75, 3.05) is 34.8 Å². The number of fused-ring (bicyclic) bond motifs is 2. The molecule has 3 aromatic carbocycles. The summed E-state index contributed by atoms with van der Waals surface area (Å²) >= 11 is 0. The van der Waals surface area contributed by atoms with Crippen molar-refractivity contribution in [3.63, 3.8) is 0 Å². The maximum Gasteiger partial charge on any atom is 0.335 e. The topological polar surface area (TPSA) is 282 Å². The molecule has 67 heavy (non-hydrogen) atoms. The number of rotatable bonds is 14. The van der Waals surface area contributed by atoms with Gasteiger partial charge in [0, 0.05) is 74.4 Å². The first-order chi connectivity index (χ1) is 32.1. The first-order valence-corrected chi connectivity index (χ1v) is 21.6. The largest absolute Gasteiger partial charge is 0.490 e. The molecule has 2 saturated heterocycles. The van der Waals surface area contributed by atoms with Gasteiger partial charge in [0.2, 0.25) is 12.2 Å². The third-order valence-electron chi connectivity index (χ3n) is 11.8. The molecule has 0 unspecified atom stereocenters. The lowest BCUT2D eigenvalue weighted by Crippen LogP contribution is -2.61. The molecule has 0 spiro atoms. The highest BCUT2D eigenvalue weighted by Crippen LogP contribution is 2.40. The quantitative estimate of drug-likeness (QED) is 0.0581. The summed E-state index contributed by atoms with van der Waals surface area (Å²) in [6.07, 6.45) is -1.68. The van der Waals surface area contributed by atoms with Crippen molar-refractivity contribution in [1.82, 2.24) is 14.0 Å². The number of amides is 4. The molecule has 0 saturated carbocycles. The fourth-order valence-corrected chi connectivity index (χ4v) is 8.14. The summed E-state index contributed by atoms with van der Waals surface area (Å²) in [5, 5.41) is 49.4. The Balaban J connectivity index is 0.873. The van der Waals surface area contributed by atoms with E-state index < -0.39 is 42.6 Å². The summed E-state index contributed by atoms with van der Waals surface area (Å²) < 4.78 is 20.6. The number of carbonyl (C=O) groups is 5. The number of aliphatic imine (C=N–C) groups is 1. The smallest absolute Gasteiger partial charge is 0.335 e. The third-order valence-corrected chi connectivity index (χ3v) is 11.8. The zero-order chi connectivity index (χ0) is 47.5.